The van der Waals surface area contributed by atoms with Crippen LogP contribution in [0.1, 0.15) is 85.3 Å². The van der Waals surface area contributed by atoms with Crippen LogP contribution in [-0.2, 0) is 32.1 Å². The summed E-state index contributed by atoms with van der Waals surface area (Å²) in [5.74, 6) is -0.673. The highest BCUT2D eigenvalue weighted by Crippen LogP contribution is 2.21. The van der Waals surface area contributed by atoms with Gasteiger partial charge < -0.3 is 30.7 Å². The van der Waals surface area contributed by atoms with Crippen molar-refractivity contribution in [2.24, 2.45) is 17.8 Å². The highest BCUT2D eigenvalue weighted by molar-refractivity contribution is 5.93. The number of carbonyl (C=O) groups is 4. The molecule has 4 amide bonds. The average Bonchev–Trinajstić information content (AvgIpc) is 3.12. The number of ether oxygens (including phenoxy) is 1. The number of hydrogen-bond donors (Lipinski definition) is 4. The molecular weight excluding hydrogens is 656 g/mol. The Balaban J connectivity index is 1.82. The molecule has 10 heteroatoms. The van der Waals surface area contributed by atoms with Gasteiger partial charge >= 0.3 is 6.09 Å². The first kappa shape index (κ1) is 42.0. The number of fused-ring (bicyclic) bond motifs is 1. The zero-order valence-corrected chi connectivity index (χ0v) is 32.1. The van der Waals surface area contributed by atoms with Crippen LogP contribution >= 0.6 is 0 Å². The van der Waals surface area contributed by atoms with Gasteiger partial charge in [0.05, 0.1) is 18.6 Å². The van der Waals surface area contributed by atoms with E-state index in [0.29, 0.717) is 31.8 Å². The van der Waals surface area contributed by atoms with Gasteiger partial charge in [0.25, 0.3) is 0 Å². The number of nitrogens with zero attached hydrogens (tertiary/aromatic N) is 1. The molecule has 0 aliphatic rings. The van der Waals surface area contributed by atoms with E-state index >= 15 is 0 Å². The molecule has 0 saturated heterocycles. The summed E-state index contributed by atoms with van der Waals surface area (Å²) < 4.78 is 5.48. The average molecular weight is 717 g/mol. The zero-order chi connectivity index (χ0) is 38.2. The van der Waals surface area contributed by atoms with E-state index in [2.05, 4.69) is 29.8 Å². The summed E-state index contributed by atoms with van der Waals surface area (Å²) in [7, 11) is 0. The van der Waals surface area contributed by atoms with E-state index < -0.39 is 42.1 Å². The number of alkyl carbamates (subject to hydrolysis) is 1. The summed E-state index contributed by atoms with van der Waals surface area (Å²) in [4.78, 5) is 56.1. The van der Waals surface area contributed by atoms with Gasteiger partial charge in [0.1, 0.15) is 18.7 Å². The Hall–Kier alpha value is -4.44. The largest absolute Gasteiger partial charge is 0.445 e. The van der Waals surface area contributed by atoms with E-state index in [4.69, 9.17) is 4.74 Å². The first-order valence-corrected chi connectivity index (χ1v) is 18.8. The number of aliphatic hydroxyl groups is 1. The molecule has 284 valence electrons. The maximum absolute atomic E-state index is 14.1. The van der Waals surface area contributed by atoms with Crippen molar-refractivity contribution in [2.45, 2.75) is 111 Å². The Morgan fingerprint density at radius 1 is 0.750 bits per heavy atom. The van der Waals surface area contributed by atoms with Crippen LogP contribution in [0.3, 0.4) is 0 Å². The van der Waals surface area contributed by atoms with Gasteiger partial charge in [0, 0.05) is 19.5 Å². The van der Waals surface area contributed by atoms with Gasteiger partial charge in [-0.15, -0.1) is 0 Å². The first-order valence-electron chi connectivity index (χ1n) is 18.8. The molecule has 0 aliphatic carbocycles. The standard InChI is InChI=1S/C42H60N4O6/c1-8-30(7)26-46(9-2)39(48)25-38(47)35(22-28(3)4)43-40(49)36(23-29(5)6)44-41(50)37(45-42(51)52-27-31-16-11-10-12-17-31)24-33-20-15-19-32-18-13-14-21-34(32)33/h10-21,28-30,35-38,47H,8-9,22-27H2,1-7H3,(H,43,49)(H,44,50)(H,45,51)/t30?,35-,36-,37-,38-/m0/s1. The van der Waals surface area contributed by atoms with Gasteiger partial charge in [-0.2, -0.15) is 0 Å². The fraction of sp³-hybridized carbons (Fsp3) is 0.524. The van der Waals surface area contributed by atoms with Crippen LogP contribution in [0, 0.1) is 17.8 Å². The van der Waals surface area contributed by atoms with Gasteiger partial charge in [0.15, 0.2) is 0 Å². The Bertz CT molecular complexity index is 1570. The van der Waals surface area contributed by atoms with Gasteiger partial charge in [-0.05, 0) is 59.4 Å². The molecule has 3 aromatic carbocycles. The van der Waals surface area contributed by atoms with Gasteiger partial charge in [-0.25, -0.2) is 4.79 Å². The summed E-state index contributed by atoms with van der Waals surface area (Å²) in [5.41, 5.74) is 1.66. The minimum absolute atomic E-state index is 0.0311. The Kier molecular flexibility index (Phi) is 17.1. The molecule has 0 saturated carbocycles. The third kappa shape index (κ3) is 13.6. The molecule has 52 heavy (non-hydrogen) atoms. The highest BCUT2D eigenvalue weighted by Gasteiger charge is 2.32. The lowest BCUT2D eigenvalue weighted by Gasteiger charge is -2.31. The molecular formula is C42H60N4O6. The maximum Gasteiger partial charge on any atom is 0.408 e. The molecule has 0 heterocycles. The quantitative estimate of drug-likeness (QED) is 0.107. The third-order valence-corrected chi connectivity index (χ3v) is 9.33. The number of hydrogen-bond acceptors (Lipinski definition) is 6. The van der Waals surface area contributed by atoms with Crippen molar-refractivity contribution in [3.05, 3.63) is 83.9 Å². The van der Waals surface area contributed by atoms with Crippen LogP contribution < -0.4 is 16.0 Å². The number of amides is 4. The Morgan fingerprint density at radius 3 is 2.04 bits per heavy atom. The van der Waals surface area contributed by atoms with E-state index in [0.717, 1.165) is 28.3 Å². The molecule has 1 unspecified atom stereocenters. The molecule has 0 bridgehead atoms. The SMILES string of the molecule is CCC(C)CN(CC)C(=O)C[C@H](O)[C@H](CC(C)C)NC(=O)[C@H](CC(C)C)NC(=O)[C@H](Cc1cccc2ccccc12)NC(=O)OCc1ccccc1. The van der Waals surface area contributed by atoms with Crippen molar-refractivity contribution in [3.8, 4) is 0 Å². The molecule has 0 radical (unpaired) electrons. The topological polar surface area (TPSA) is 137 Å². The Morgan fingerprint density at radius 2 is 1.38 bits per heavy atom. The van der Waals surface area contributed by atoms with E-state index in [9.17, 15) is 24.3 Å². The van der Waals surface area contributed by atoms with Gasteiger partial charge in [-0.1, -0.05) is 121 Å². The fourth-order valence-corrected chi connectivity index (χ4v) is 6.25. The maximum atomic E-state index is 14.1. The van der Waals surface area contributed by atoms with Crippen LogP contribution in [0.2, 0.25) is 0 Å². The Labute approximate surface area is 310 Å². The summed E-state index contributed by atoms with van der Waals surface area (Å²) >= 11 is 0. The number of carbonyl (C=O) groups excluding carboxylic acids is 4. The highest BCUT2D eigenvalue weighted by atomic mass is 16.5. The molecule has 0 aromatic heterocycles. The molecule has 3 rings (SSSR count). The summed E-state index contributed by atoms with van der Waals surface area (Å²) in [6, 6.07) is 20.2. The normalized spacial score (nSPS) is 14.3. The van der Waals surface area contributed by atoms with E-state index in [-0.39, 0.29) is 37.2 Å². The lowest BCUT2D eigenvalue weighted by Crippen LogP contribution is -2.57. The molecule has 4 N–H and O–H groups in total. The smallest absolute Gasteiger partial charge is 0.408 e. The van der Waals surface area contributed by atoms with Crippen LogP contribution in [0.25, 0.3) is 10.8 Å². The summed E-state index contributed by atoms with van der Waals surface area (Å²) in [6.45, 7) is 15.2. The van der Waals surface area contributed by atoms with Crippen molar-refractivity contribution in [2.75, 3.05) is 13.1 Å². The number of nitrogens with one attached hydrogen (secondary N) is 3. The second-order valence-electron chi connectivity index (χ2n) is 14.8. The first-order chi connectivity index (χ1) is 24.8. The summed E-state index contributed by atoms with van der Waals surface area (Å²) in [6.07, 6.45) is -0.129. The lowest BCUT2D eigenvalue weighted by atomic mass is 9.95. The minimum Gasteiger partial charge on any atom is -0.445 e. The third-order valence-electron chi connectivity index (χ3n) is 9.33. The van der Waals surface area contributed by atoms with Crippen molar-refractivity contribution < 1.29 is 29.0 Å². The van der Waals surface area contributed by atoms with Crippen molar-refractivity contribution >= 4 is 34.6 Å². The minimum atomic E-state index is -1.11. The van der Waals surface area contributed by atoms with Crippen LogP contribution in [0.5, 0.6) is 0 Å². The number of aliphatic hydroxyl groups excluding tert-OH is 1. The zero-order valence-electron chi connectivity index (χ0n) is 32.1. The molecule has 0 aliphatic heterocycles. The predicted octanol–water partition coefficient (Wildman–Crippen LogP) is 6.38. The van der Waals surface area contributed by atoms with Crippen LogP contribution in [0.4, 0.5) is 4.79 Å². The second-order valence-corrected chi connectivity index (χ2v) is 14.8. The van der Waals surface area contributed by atoms with Gasteiger partial charge in [-0.3, -0.25) is 14.4 Å². The van der Waals surface area contributed by atoms with Crippen molar-refractivity contribution in [1.82, 2.24) is 20.9 Å². The van der Waals surface area contributed by atoms with Crippen LogP contribution in [0.15, 0.2) is 72.8 Å². The fourth-order valence-electron chi connectivity index (χ4n) is 6.25. The number of rotatable bonds is 20. The molecule has 5 atom stereocenters. The summed E-state index contributed by atoms with van der Waals surface area (Å²) in [5, 5.41) is 21.9. The van der Waals surface area contributed by atoms with Crippen molar-refractivity contribution in [1.29, 1.82) is 0 Å². The lowest BCUT2D eigenvalue weighted by molar-refractivity contribution is -0.135. The van der Waals surface area contributed by atoms with Crippen LogP contribution in [-0.4, -0.2) is 71.1 Å². The molecule has 10 nitrogen and oxygen atoms in total. The van der Waals surface area contributed by atoms with E-state index in [1.807, 2.05) is 107 Å². The predicted molar refractivity (Wildman–Crippen MR) is 206 cm³/mol. The van der Waals surface area contributed by atoms with E-state index in [1.54, 1.807) is 4.90 Å². The number of benzene rings is 3. The molecule has 0 fully saturated rings. The second kappa shape index (κ2) is 21.2. The molecule has 0 spiro atoms. The van der Waals surface area contributed by atoms with E-state index in [1.165, 1.54) is 0 Å². The van der Waals surface area contributed by atoms with Gasteiger partial charge in [0.2, 0.25) is 17.7 Å². The monoisotopic (exact) mass is 716 g/mol. The molecule has 3 aromatic rings. The van der Waals surface area contributed by atoms with Crippen molar-refractivity contribution in [3.63, 3.8) is 0 Å².